The Hall–Kier alpha value is -1.87. The first-order valence-electron chi connectivity index (χ1n) is 6.62. The van der Waals surface area contributed by atoms with Crippen molar-refractivity contribution in [1.29, 1.82) is 0 Å². The van der Waals surface area contributed by atoms with Gasteiger partial charge in [0, 0.05) is 23.2 Å². The molecule has 3 rings (SSSR count). The molecule has 0 saturated heterocycles. The molecule has 0 radical (unpaired) electrons. The van der Waals surface area contributed by atoms with Gasteiger partial charge in [-0.15, -0.1) is 0 Å². The van der Waals surface area contributed by atoms with Crippen LogP contribution in [0.5, 0.6) is 0 Å². The van der Waals surface area contributed by atoms with Gasteiger partial charge in [0.15, 0.2) is 5.65 Å². The first-order valence-corrected chi connectivity index (χ1v) is 7.00. The number of hydrogen-bond acceptors (Lipinski definition) is 2. The lowest BCUT2D eigenvalue weighted by atomic mass is 10.1. The van der Waals surface area contributed by atoms with Crippen molar-refractivity contribution in [2.24, 2.45) is 0 Å². The molecule has 20 heavy (non-hydrogen) atoms. The van der Waals surface area contributed by atoms with E-state index in [4.69, 9.17) is 11.6 Å². The normalized spacial score (nSPS) is 11.2. The van der Waals surface area contributed by atoms with Crippen LogP contribution in [0.15, 0.2) is 30.3 Å². The fourth-order valence-electron chi connectivity index (χ4n) is 2.36. The molecule has 0 aliphatic carbocycles. The van der Waals surface area contributed by atoms with Gasteiger partial charge < -0.3 is 0 Å². The van der Waals surface area contributed by atoms with E-state index in [1.165, 1.54) is 5.56 Å². The summed E-state index contributed by atoms with van der Waals surface area (Å²) in [6.07, 6.45) is 0.821. The van der Waals surface area contributed by atoms with Crippen molar-refractivity contribution >= 4 is 17.2 Å². The highest BCUT2D eigenvalue weighted by Gasteiger charge is 2.16. The molecule has 0 unspecified atom stereocenters. The summed E-state index contributed by atoms with van der Waals surface area (Å²) in [5.41, 5.74) is 6.17. The quantitative estimate of drug-likeness (QED) is 0.669. The highest BCUT2D eigenvalue weighted by molar-refractivity contribution is 6.30. The van der Waals surface area contributed by atoms with Crippen molar-refractivity contribution < 1.29 is 0 Å². The lowest BCUT2D eigenvalue weighted by Gasteiger charge is -2.06. The van der Waals surface area contributed by atoms with Crippen molar-refractivity contribution in [1.82, 2.24) is 14.6 Å². The fourth-order valence-corrected chi connectivity index (χ4v) is 2.61. The molecule has 0 spiro atoms. The number of halogens is 1. The van der Waals surface area contributed by atoms with E-state index in [-0.39, 0.29) is 0 Å². The first-order chi connectivity index (χ1) is 9.58. The maximum Gasteiger partial charge on any atom is 0.160 e. The van der Waals surface area contributed by atoms with Gasteiger partial charge in [0.2, 0.25) is 0 Å². The van der Waals surface area contributed by atoms with Gasteiger partial charge in [-0.2, -0.15) is 5.10 Å². The maximum atomic E-state index is 6.38. The van der Waals surface area contributed by atoms with Crippen LogP contribution < -0.4 is 0 Å². The molecule has 0 saturated carbocycles. The standard InChI is InChI=1S/C16H16ClN3/c1-10-11(2)18-16-14(9-13-7-5-4-6-8-13)12(3)19-20(16)15(10)17/h4-8H,9H2,1-3H3. The second-order valence-electron chi connectivity index (χ2n) is 5.07. The van der Waals surface area contributed by atoms with Gasteiger partial charge in [0.25, 0.3) is 0 Å². The molecule has 1 aromatic carbocycles. The summed E-state index contributed by atoms with van der Waals surface area (Å²) in [6, 6.07) is 10.4. The summed E-state index contributed by atoms with van der Waals surface area (Å²) in [6.45, 7) is 5.96. The highest BCUT2D eigenvalue weighted by Crippen LogP contribution is 2.24. The van der Waals surface area contributed by atoms with Crippen molar-refractivity contribution in [2.45, 2.75) is 27.2 Å². The molecule has 0 fully saturated rings. The lowest BCUT2D eigenvalue weighted by molar-refractivity contribution is 0.898. The number of benzene rings is 1. The Morgan fingerprint density at radius 3 is 2.45 bits per heavy atom. The fraction of sp³-hybridized carbons (Fsp3) is 0.250. The number of aromatic nitrogens is 3. The maximum absolute atomic E-state index is 6.38. The molecule has 0 amide bonds. The minimum Gasteiger partial charge on any atom is -0.233 e. The van der Waals surface area contributed by atoms with Crippen molar-refractivity contribution in [3.63, 3.8) is 0 Å². The Morgan fingerprint density at radius 1 is 1.05 bits per heavy atom. The smallest absolute Gasteiger partial charge is 0.160 e. The van der Waals surface area contributed by atoms with Crippen LogP contribution in [0.25, 0.3) is 5.65 Å². The van der Waals surface area contributed by atoms with Gasteiger partial charge in [-0.1, -0.05) is 41.9 Å². The number of aryl methyl sites for hydroxylation is 2. The van der Waals surface area contributed by atoms with Crippen LogP contribution in [0.2, 0.25) is 5.15 Å². The SMILES string of the molecule is Cc1nc2c(Cc3ccccc3)c(C)nn2c(Cl)c1C. The van der Waals surface area contributed by atoms with Gasteiger partial charge in [-0.05, 0) is 26.3 Å². The summed E-state index contributed by atoms with van der Waals surface area (Å²) in [5, 5.41) is 5.18. The zero-order chi connectivity index (χ0) is 14.3. The molecule has 0 aliphatic heterocycles. The predicted molar refractivity (Wildman–Crippen MR) is 81.5 cm³/mol. The zero-order valence-electron chi connectivity index (χ0n) is 11.8. The Kier molecular flexibility index (Phi) is 3.22. The van der Waals surface area contributed by atoms with Crippen LogP contribution in [-0.4, -0.2) is 14.6 Å². The van der Waals surface area contributed by atoms with Crippen LogP contribution in [0, 0.1) is 20.8 Å². The zero-order valence-corrected chi connectivity index (χ0v) is 12.6. The van der Waals surface area contributed by atoms with E-state index in [9.17, 15) is 0 Å². The van der Waals surface area contributed by atoms with E-state index in [0.717, 1.165) is 34.6 Å². The van der Waals surface area contributed by atoms with Gasteiger partial charge in [-0.3, -0.25) is 0 Å². The minimum absolute atomic E-state index is 0.648. The molecule has 102 valence electrons. The predicted octanol–water partition coefficient (Wildman–Crippen LogP) is 3.90. The van der Waals surface area contributed by atoms with Gasteiger partial charge in [0.1, 0.15) is 5.15 Å². The van der Waals surface area contributed by atoms with Crippen LogP contribution in [0.3, 0.4) is 0 Å². The Bertz CT molecular complexity index is 776. The average Bonchev–Trinajstić information content (AvgIpc) is 2.75. The molecule has 2 aromatic heterocycles. The average molecular weight is 286 g/mol. The van der Waals surface area contributed by atoms with E-state index in [1.54, 1.807) is 4.52 Å². The third-order valence-electron chi connectivity index (χ3n) is 3.69. The van der Waals surface area contributed by atoms with Crippen molar-refractivity contribution in [3.05, 3.63) is 63.6 Å². The summed E-state index contributed by atoms with van der Waals surface area (Å²) >= 11 is 6.38. The van der Waals surface area contributed by atoms with Crippen molar-refractivity contribution in [2.75, 3.05) is 0 Å². The second-order valence-corrected chi connectivity index (χ2v) is 5.43. The van der Waals surface area contributed by atoms with Gasteiger partial charge in [0.05, 0.1) is 5.69 Å². The molecule has 0 bridgehead atoms. The Labute approximate surface area is 123 Å². The van der Waals surface area contributed by atoms with Crippen LogP contribution >= 0.6 is 11.6 Å². The van der Waals surface area contributed by atoms with E-state index < -0.39 is 0 Å². The topological polar surface area (TPSA) is 30.2 Å². The van der Waals surface area contributed by atoms with Gasteiger partial charge >= 0.3 is 0 Å². The van der Waals surface area contributed by atoms with E-state index in [1.807, 2.05) is 39.0 Å². The van der Waals surface area contributed by atoms with Crippen LogP contribution in [0.1, 0.15) is 28.1 Å². The molecule has 3 nitrogen and oxygen atoms in total. The van der Waals surface area contributed by atoms with Crippen LogP contribution in [-0.2, 0) is 6.42 Å². The summed E-state index contributed by atoms with van der Waals surface area (Å²) in [7, 11) is 0. The summed E-state index contributed by atoms with van der Waals surface area (Å²) < 4.78 is 1.75. The third-order valence-corrected chi connectivity index (χ3v) is 4.14. The molecular formula is C16H16ClN3. The number of fused-ring (bicyclic) bond motifs is 1. The molecule has 3 aromatic rings. The van der Waals surface area contributed by atoms with E-state index in [0.29, 0.717) is 5.15 Å². The molecule has 0 N–H and O–H groups in total. The summed E-state index contributed by atoms with van der Waals surface area (Å²) in [5.74, 6) is 0. The van der Waals surface area contributed by atoms with Crippen LogP contribution in [0.4, 0.5) is 0 Å². The summed E-state index contributed by atoms with van der Waals surface area (Å²) in [4.78, 5) is 4.67. The number of nitrogens with zero attached hydrogens (tertiary/aromatic N) is 3. The van der Waals surface area contributed by atoms with Crippen molar-refractivity contribution in [3.8, 4) is 0 Å². The number of rotatable bonds is 2. The molecule has 2 heterocycles. The van der Waals surface area contributed by atoms with E-state index in [2.05, 4.69) is 22.2 Å². The lowest BCUT2D eigenvalue weighted by Crippen LogP contribution is -2.00. The highest BCUT2D eigenvalue weighted by atomic mass is 35.5. The largest absolute Gasteiger partial charge is 0.233 e. The van der Waals surface area contributed by atoms with E-state index >= 15 is 0 Å². The molecule has 0 atom stereocenters. The minimum atomic E-state index is 0.648. The Morgan fingerprint density at radius 2 is 1.75 bits per heavy atom. The third kappa shape index (κ3) is 2.08. The first kappa shape index (κ1) is 13.1. The van der Waals surface area contributed by atoms with Gasteiger partial charge in [-0.25, -0.2) is 9.50 Å². The molecular weight excluding hydrogens is 270 g/mol. The molecule has 0 aliphatic rings. The molecule has 4 heteroatoms. The number of hydrogen-bond donors (Lipinski definition) is 0. The second kappa shape index (κ2) is 4.91. The Balaban J connectivity index is 2.19. The monoisotopic (exact) mass is 285 g/mol.